The van der Waals surface area contributed by atoms with Gasteiger partial charge in [0.15, 0.2) is 6.10 Å². The molecule has 1 heterocycles. The smallest absolute Gasteiger partial charge is 0.335 e. The first kappa shape index (κ1) is 24.6. The van der Waals surface area contributed by atoms with Gasteiger partial charge < -0.3 is 24.0 Å². The Morgan fingerprint density at radius 2 is 1.71 bits per heavy atom. The van der Waals surface area contributed by atoms with Crippen LogP contribution in [0.5, 0.6) is 5.75 Å². The minimum atomic E-state index is -0.607. The number of hydrogen-bond acceptors (Lipinski definition) is 9. The molecule has 2 aromatic rings. The zero-order chi connectivity index (χ0) is 22.8. The second-order valence-corrected chi connectivity index (χ2v) is 7.25. The van der Waals surface area contributed by atoms with Crippen LogP contribution >= 0.6 is 11.6 Å². The molecule has 170 valence electrons. The molecule has 0 saturated carbocycles. The summed E-state index contributed by atoms with van der Waals surface area (Å²) in [5, 5.41) is 0.144. The summed E-state index contributed by atoms with van der Waals surface area (Å²) in [6, 6.07) is 7.57. The predicted octanol–water partition coefficient (Wildman–Crippen LogP) is 2.62. The minimum Gasteiger partial charge on any atom is -0.492 e. The maximum atomic E-state index is 12.0. The van der Waals surface area contributed by atoms with E-state index in [-0.39, 0.29) is 11.3 Å². The van der Waals surface area contributed by atoms with Crippen LogP contribution in [-0.4, -0.2) is 74.5 Å². The van der Waals surface area contributed by atoms with Crippen molar-refractivity contribution in [2.75, 3.05) is 57.3 Å². The molecule has 9 nitrogen and oxygen atoms in total. The molecule has 2 rings (SSSR count). The molecule has 31 heavy (non-hydrogen) atoms. The Balaban J connectivity index is 1.88. The van der Waals surface area contributed by atoms with Gasteiger partial charge in [0.2, 0.25) is 17.2 Å². The van der Waals surface area contributed by atoms with Gasteiger partial charge in [-0.3, -0.25) is 0 Å². The largest absolute Gasteiger partial charge is 0.492 e. The number of carbonyl (C=O) groups excluding carboxylic acids is 1. The summed E-state index contributed by atoms with van der Waals surface area (Å²) in [6.45, 7) is 5.40. The first-order valence-electron chi connectivity index (χ1n) is 10.1. The molecule has 0 aliphatic heterocycles. The van der Waals surface area contributed by atoms with E-state index in [1.54, 1.807) is 11.8 Å². The fourth-order valence-electron chi connectivity index (χ4n) is 2.68. The van der Waals surface area contributed by atoms with Crippen molar-refractivity contribution in [3.8, 4) is 5.75 Å². The van der Waals surface area contributed by atoms with Crippen LogP contribution in [0.1, 0.15) is 19.4 Å². The van der Waals surface area contributed by atoms with Crippen molar-refractivity contribution in [2.45, 2.75) is 26.4 Å². The Hall–Kier alpha value is -2.65. The maximum Gasteiger partial charge on any atom is 0.335 e. The van der Waals surface area contributed by atoms with Gasteiger partial charge in [-0.15, -0.1) is 0 Å². The summed E-state index contributed by atoms with van der Waals surface area (Å²) < 4.78 is 16.4. The molecule has 0 spiro atoms. The van der Waals surface area contributed by atoms with E-state index in [2.05, 4.69) is 15.0 Å². The third-order valence-electron chi connectivity index (χ3n) is 4.28. The van der Waals surface area contributed by atoms with E-state index >= 15 is 0 Å². The summed E-state index contributed by atoms with van der Waals surface area (Å²) in [6.07, 6.45) is -0.158. The fraction of sp³-hybridized carbons (Fsp3) is 0.524. The summed E-state index contributed by atoms with van der Waals surface area (Å²) in [5.41, 5.74) is 0.965. The normalized spacial score (nSPS) is 11.7. The maximum absolute atomic E-state index is 12.0. The van der Waals surface area contributed by atoms with Crippen LogP contribution < -0.4 is 14.5 Å². The Morgan fingerprint density at radius 3 is 2.32 bits per heavy atom. The standard InChI is InChI=1S/C21H30ClN5O4/c1-6-29-17(18(28)30-7-2)14-15-8-10-16(11-9-15)31-13-12-27(5)21-24-19(22)23-20(25-21)26(3)4/h8-11,17H,6-7,12-14H2,1-5H3. The molecular formula is C21H30ClN5O4. The Labute approximate surface area is 188 Å². The number of esters is 1. The number of halogens is 1. The number of likely N-dealkylation sites (N-methyl/N-ethyl adjacent to an activating group) is 1. The number of rotatable bonds is 12. The van der Waals surface area contributed by atoms with E-state index in [4.69, 9.17) is 25.8 Å². The number of aromatic nitrogens is 3. The SMILES string of the molecule is CCOC(=O)C(Cc1ccc(OCCN(C)c2nc(Cl)nc(N(C)C)n2)cc1)OCC. The van der Waals surface area contributed by atoms with Crippen molar-refractivity contribution in [1.82, 2.24) is 15.0 Å². The summed E-state index contributed by atoms with van der Waals surface area (Å²) in [4.78, 5) is 28.2. The second-order valence-electron chi connectivity index (χ2n) is 6.91. The fourth-order valence-corrected chi connectivity index (χ4v) is 2.83. The first-order chi connectivity index (χ1) is 14.8. The summed E-state index contributed by atoms with van der Waals surface area (Å²) >= 11 is 5.99. The van der Waals surface area contributed by atoms with Crippen LogP contribution in [0.25, 0.3) is 0 Å². The Bertz CT molecular complexity index is 835. The topological polar surface area (TPSA) is 89.9 Å². The number of benzene rings is 1. The number of ether oxygens (including phenoxy) is 3. The van der Waals surface area contributed by atoms with Crippen molar-refractivity contribution < 1.29 is 19.0 Å². The lowest BCUT2D eigenvalue weighted by Crippen LogP contribution is -2.29. The van der Waals surface area contributed by atoms with E-state index < -0.39 is 6.10 Å². The van der Waals surface area contributed by atoms with E-state index in [1.165, 1.54) is 0 Å². The lowest BCUT2D eigenvalue weighted by Gasteiger charge is -2.19. The van der Waals surface area contributed by atoms with Gasteiger partial charge in [0.05, 0.1) is 13.2 Å². The molecule has 0 fully saturated rings. The lowest BCUT2D eigenvalue weighted by atomic mass is 10.1. The van der Waals surface area contributed by atoms with E-state index in [1.807, 2.05) is 57.2 Å². The number of carbonyl (C=O) groups is 1. The lowest BCUT2D eigenvalue weighted by molar-refractivity contribution is -0.156. The van der Waals surface area contributed by atoms with Gasteiger partial charge in [0.1, 0.15) is 12.4 Å². The summed E-state index contributed by atoms with van der Waals surface area (Å²) in [7, 11) is 5.54. The van der Waals surface area contributed by atoms with Crippen LogP contribution in [0.3, 0.4) is 0 Å². The zero-order valence-corrected chi connectivity index (χ0v) is 19.4. The molecule has 0 amide bonds. The van der Waals surface area contributed by atoms with Crippen molar-refractivity contribution in [3.05, 3.63) is 35.1 Å². The van der Waals surface area contributed by atoms with Crippen molar-refractivity contribution in [3.63, 3.8) is 0 Å². The van der Waals surface area contributed by atoms with Crippen LogP contribution in [0.4, 0.5) is 11.9 Å². The molecule has 1 atom stereocenters. The molecule has 0 aliphatic carbocycles. The van der Waals surface area contributed by atoms with Crippen LogP contribution in [0.15, 0.2) is 24.3 Å². The van der Waals surface area contributed by atoms with Crippen LogP contribution in [0, 0.1) is 0 Å². The number of anilines is 2. The molecule has 1 unspecified atom stereocenters. The molecule has 1 aromatic carbocycles. The van der Waals surface area contributed by atoms with Crippen LogP contribution in [0.2, 0.25) is 5.28 Å². The molecular weight excluding hydrogens is 422 g/mol. The highest BCUT2D eigenvalue weighted by atomic mass is 35.5. The van der Waals surface area contributed by atoms with E-state index in [9.17, 15) is 4.79 Å². The third kappa shape index (κ3) is 7.84. The molecule has 0 radical (unpaired) electrons. The molecule has 0 saturated heterocycles. The zero-order valence-electron chi connectivity index (χ0n) is 18.7. The molecule has 0 N–H and O–H groups in total. The van der Waals surface area contributed by atoms with Gasteiger partial charge in [-0.1, -0.05) is 12.1 Å². The monoisotopic (exact) mass is 451 g/mol. The van der Waals surface area contributed by atoms with Crippen LogP contribution in [-0.2, 0) is 20.7 Å². The molecule has 0 aliphatic rings. The summed E-state index contributed by atoms with van der Waals surface area (Å²) in [5.74, 6) is 1.35. The van der Waals surface area contributed by atoms with Crippen molar-refractivity contribution in [1.29, 1.82) is 0 Å². The number of nitrogens with zero attached hydrogens (tertiary/aromatic N) is 5. The van der Waals surface area contributed by atoms with E-state index in [0.29, 0.717) is 44.7 Å². The number of hydrogen-bond donors (Lipinski definition) is 0. The Kier molecular flexibility index (Phi) is 9.74. The van der Waals surface area contributed by atoms with E-state index in [0.717, 1.165) is 11.3 Å². The van der Waals surface area contributed by atoms with Gasteiger partial charge in [0.25, 0.3) is 0 Å². The van der Waals surface area contributed by atoms with Crippen molar-refractivity contribution in [2.24, 2.45) is 0 Å². The van der Waals surface area contributed by atoms with Gasteiger partial charge in [-0.25, -0.2) is 4.79 Å². The highest BCUT2D eigenvalue weighted by Crippen LogP contribution is 2.16. The minimum absolute atomic E-state index is 0.144. The Morgan fingerprint density at radius 1 is 1.03 bits per heavy atom. The highest BCUT2D eigenvalue weighted by molar-refractivity contribution is 6.28. The first-order valence-corrected chi connectivity index (χ1v) is 10.5. The van der Waals surface area contributed by atoms with Crippen molar-refractivity contribution >= 4 is 29.5 Å². The van der Waals surface area contributed by atoms with Gasteiger partial charge in [-0.05, 0) is 43.1 Å². The third-order valence-corrected chi connectivity index (χ3v) is 4.45. The average molecular weight is 452 g/mol. The second kappa shape index (κ2) is 12.3. The van der Waals surface area contributed by atoms with Gasteiger partial charge >= 0.3 is 5.97 Å². The predicted molar refractivity (Wildman–Crippen MR) is 120 cm³/mol. The average Bonchev–Trinajstić information content (AvgIpc) is 2.74. The van der Waals surface area contributed by atoms with Gasteiger partial charge in [0, 0.05) is 34.2 Å². The molecule has 1 aromatic heterocycles. The molecule has 10 heteroatoms. The molecule has 0 bridgehead atoms. The quantitative estimate of drug-likeness (QED) is 0.451. The van der Waals surface area contributed by atoms with Gasteiger partial charge in [-0.2, -0.15) is 15.0 Å². The highest BCUT2D eigenvalue weighted by Gasteiger charge is 2.20.